The van der Waals surface area contributed by atoms with Crippen LogP contribution >= 0.6 is 0 Å². The lowest BCUT2D eigenvalue weighted by atomic mass is 9.75. The average Bonchev–Trinajstić information content (AvgIpc) is 3.23. The van der Waals surface area contributed by atoms with Crippen LogP contribution in [0.4, 0.5) is 5.69 Å². The molecule has 0 amide bonds. The molecule has 2 aliphatic rings. The molecule has 5 heteroatoms. The van der Waals surface area contributed by atoms with Gasteiger partial charge in [0.05, 0.1) is 11.0 Å². The second-order valence-electron chi connectivity index (χ2n) is 15.7. The van der Waals surface area contributed by atoms with E-state index in [0.717, 1.165) is 59.2 Å². The number of unbranched alkanes of at least 4 members (excludes halogenated alkanes) is 18. The Kier molecular flexibility index (Phi) is 17.6. The molecule has 1 aliphatic carbocycles. The number of allylic oxidation sites excluding steroid dienone is 7. The first-order chi connectivity index (χ1) is 27.6. The average molecular weight is 749 g/mol. The van der Waals surface area contributed by atoms with Gasteiger partial charge in [0.25, 0.3) is 0 Å². The minimum absolute atomic E-state index is 0.0328. The van der Waals surface area contributed by atoms with Crippen molar-refractivity contribution in [1.29, 1.82) is 5.26 Å². The molecule has 294 valence electrons. The van der Waals surface area contributed by atoms with Gasteiger partial charge in [-0.2, -0.15) is 9.83 Å². The van der Waals surface area contributed by atoms with Crippen molar-refractivity contribution >= 4 is 39.9 Å². The summed E-state index contributed by atoms with van der Waals surface area (Å²) in [7, 11) is 0. The summed E-state index contributed by atoms with van der Waals surface area (Å²) in [6, 6.07) is 20.8. The molecule has 0 atom stereocenters. The zero-order valence-corrected chi connectivity index (χ0v) is 34.3. The molecule has 0 radical (unpaired) electrons. The van der Waals surface area contributed by atoms with Crippen LogP contribution < -0.4 is 9.47 Å². The number of anilines is 1. The van der Waals surface area contributed by atoms with E-state index in [9.17, 15) is 15.5 Å². The van der Waals surface area contributed by atoms with Crippen LogP contribution in [0.25, 0.3) is 28.0 Å². The first-order valence-electron chi connectivity index (χ1n) is 22.0. The maximum Gasteiger partial charge on any atom is 0.213 e. The highest BCUT2D eigenvalue weighted by molar-refractivity contribution is 6.27. The van der Waals surface area contributed by atoms with E-state index >= 15 is 0 Å². The van der Waals surface area contributed by atoms with Gasteiger partial charge in [-0.05, 0) is 54.3 Å². The zero-order valence-electron chi connectivity index (χ0n) is 34.3. The summed E-state index contributed by atoms with van der Waals surface area (Å²) in [6.07, 6.45) is 36.2. The third-order valence-corrected chi connectivity index (χ3v) is 11.5. The second-order valence-corrected chi connectivity index (χ2v) is 15.7. The van der Waals surface area contributed by atoms with E-state index in [1.54, 1.807) is 0 Å². The van der Waals surface area contributed by atoms with Crippen LogP contribution in [0.2, 0.25) is 0 Å². The standard InChI is InChI=1S/C51H64N4O/c1-3-5-7-9-11-13-15-17-19-25-33-54-35-31-41(44-27-21-23-29-48(44)54)37-46-50(43(39-52)40-53)47(51(46)56)38-42-32-36-55(49-30-24-22-28-45(42)49)34-26-20-18-16-14-12-10-8-6-4-2/h21-24,27-32,35-38H,3-20,25-26,33-34H2,1-2H3. The molecule has 0 bridgehead atoms. The van der Waals surface area contributed by atoms with Gasteiger partial charge in [-0.1, -0.05) is 153 Å². The quantitative estimate of drug-likeness (QED) is 0.0285. The number of carbonyl (C=O) groups is 1. The predicted octanol–water partition coefficient (Wildman–Crippen LogP) is 13.3. The van der Waals surface area contributed by atoms with Crippen LogP contribution in [0.15, 0.2) is 101 Å². The fourth-order valence-electron chi connectivity index (χ4n) is 8.25. The number of fused-ring (bicyclic) bond motifs is 2. The summed E-state index contributed by atoms with van der Waals surface area (Å²) >= 11 is 0. The smallest absolute Gasteiger partial charge is 0.213 e. The maximum absolute atomic E-state index is 14.0. The first kappa shape index (κ1) is 42.4. The summed E-state index contributed by atoms with van der Waals surface area (Å²) in [6.45, 7) is 6.43. The van der Waals surface area contributed by atoms with Gasteiger partial charge < -0.3 is 10.3 Å². The van der Waals surface area contributed by atoms with E-state index in [1.165, 1.54) is 116 Å². The Bertz CT molecular complexity index is 1980. The van der Waals surface area contributed by atoms with Crippen molar-refractivity contribution in [1.82, 2.24) is 0 Å². The summed E-state index contributed by atoms with van der Waals surface area (Å²) in [5, 5.41) is 21.1. The molecule has 56 heavy (non-hydrogen) atoms. The topological polar surface area (TPSA) is 70.3 Å². The second kappa shape index (κ2) is 23.3. The van der Waals surface area contributed by atoms with Crippen molar-refractivity contribution in [3.63, 3.8) is 0 Å². The number of aryl methyl sites for hydroxylation is 1. The monoisotopic (exact) mass is 749 g/mol. The molecule has 2 heterocycles. The van der Waals surface area contributed by atoms with Crippen LogP contribution in [0.5, 0.6) is 0 Å². The number of hydrogen-bond donors (Lipinski definition) is 0. The number of aromatic nitrogens is 1. The molecule has 0 saturated heterocycles. The Morgan fingerprint density at radius 1 is 0.732 bits per heavy atom. The molecule has 0 saturated carbocycles. The van der Waals surface area contributed by atoms with Crippen molar-refractivity contribution in [2.75, 3.05) is 11.4 Å². The Morgan fingerprint density at radius 3 is 1.96 bits per heavy atom. The van der Waals surface area contributed by atoms with Crippen LogP contribution in [0, 0.1) is 11.3 Å². The van der Waals surface area contributed by atoms with Crippen molar-refractivity contribution in [3.8, 4) is 6.07 Å². The number of pyridine rings is 1. The van der Waals surface area contributed by atoms with Gasteiger partial charge in [0.2, 0.25) is 5.52 Å². The molecule has 5 nitrogen and oxygen atoms in total. The van der Waals surface area contributed by atoms with E-state index in [4.69, 9.17) is 0 Å². The van der Waals surface area contributed by atoms with E-state index in [2.05, 4.69) is 96.2 Å². The zero-order chi connectivity index (χ0) is 39.4. The molecule has 0 unspecified atom stereocenters. The SMILES string of the molecule is CCCCCCCCCCCCN1C=C/C(=C\C2=C(C(=C=[N-])C#N)C(=C/c3cc[n+](CCCCCCCCCCCC)c4ccccc34)/C2=O)c2ccccc21. The van der Waals surface area contributed by atoms with E-state index in [-0.39, 0.29) is 11.4 Å². The van der Waals surface area contributed by atoms with Gasteiger partial charge in [-0.3, -0.25) is 4.79 Å². The molecule has 1 aromatic heterocycles. The van der Waals surface area contributed by atoms with E-state index in [1.807, 2.05) is 24.3 Å². The summed E-state index contributed by atoms with van der Waals surface area (Å²) in [4.78, 5) is 16.3. The van der Waals surface area contributed by atoms with Crippen LogP contribution in [0.1, 0.15) is 153 Å². The Balaban J connectivity index is 1.27. The third-order valence-electron chi connectivity index (χ3n) is 11.5. The lowest BCUT2D eigenvalue weighted by Gasteiger charge is -2.29. The van der Waals surface area contributed by atoms with E-state index in [0.29, 0.717) is 16.7 Å². The summed E-state index contributed by atoms with van der Waals surface area (Å²) < 4.78 is 2.31. The molecule has 3 aromatic rings. The normalized spacial score (nSPS) is 15.0. The van der Waals surface area contributed by atoms with Gasteiger partial charge in [0, 0.05) is 59.3 Å². The number of benzene rings is 2. The first-order valence-corrected chi connectivity index (χ1v) is 22.0. The van der Waals surface area contributed by atoms with Crippen LogP contribution in [-0.2, 0) is 11.3 Å². The van der Waals surface area contributed by atoms with Crippen molar-refractivity contribution in [3.05, 3.63) is 118 Å². The third kappa shape index (κ3) is 11.6. The number of para-hydroxylation sites is 2. The largest absolute Gasteiger partial charge is 0.762 e. The minimum atomic E-state index is -0.139. The fourth-order valence-corrected chi connectivity index (χ4v) is 8.25. The van der Waals surface area contributed by atoms with E-state index < -0.39 is 0 Å². The Hall–Kier alpha value is -4.78. The molecule has 1 aliphatic heterocycles. The van der Waals surface area contributed by atoms with Gasteiger partial charge in [-0.25, -0.2) is 5.87 Å². The molecular formula is C51H64N4O. The highest BCUT2D eigenvalue weighted by Crippen LogP contribution is 2.41. The van der Waals surface area contributed by atoms with Gasteiger partial charge >= 0.3 is 0 Å². The molecule has 0 N–H and O–H groups in total. The van der Waals surface area contributed by atoms with Crippen molar-refractivity contribution in [2.24, 2.45) is 0 Å². The fraction of sp³-hybridized carbons (Fsp3) is 0.471. The number of ketones is 1. The lowest BCUT2D eigenvalue weighted by Crippen LogP contribution is -2.34. The Labute approximate surface area is 337 Å². The molecule has 0 spiro atoms. The lowest BCUT2D eigenvalue weighted by molar-refractivity contribution is -0.671. The van der Waals surface area contributed by atoms with Crippen molar-refractivity contribution in [2.45, 2.75) is 149 Å². The number of rotatable bonds is 25. The molecular weight excluding hydrogens is 685 g/mol. The van der Waals surface area contributed by atoms with Crippen LogP contribution in [0.3, 0.4) is 0 Å². The van der Waals surface area contributed by atoms with Crippen molar-refractivity contribution < 1.29 is 9.36 Å². The number of Topliss-reactive ketones (excluding diaryl/α,β-unsaturated/α-hetero) is 1. The molecule has 5 rings (SSSR count). The highest BCUT2D eigenvalue weighted by atomic mass is 16.1. The number of carbonyl (C=O) groups excluding carboxylic acids is 1. The summed E-state index contributed by atoms with van der Waals surface area (Å²) in [5.74, 6) is 1.94. The van der Waals surface area contributed by atoms with Gasteiger partial charge in [0.15, 0.2) is 12.0 Å². The number of nitriles is 1. The van der Waals surface area contributed by atoms with Gasteiger partial charge in [0.1, 0.15) is 12.6 Å². The predicted molar refractivity (Wildman–Crippen MR) is 236 cm³/mol. The Morgan fingerprint density at radius 2 is 1.32 bits per heavy atom. The summed E-state index contributed by atoms with van der Waals surface area (Å²) in [5.41, 5.74) is 6.36. The highest BCUT2D eigenvalue weighted by Gasteiger charge is 2.35. The van der Waals surface area contributed by atoms with Gasteiger partial charge in [-0.15, -0.1) is 0 Å². The molecule has 0 fully saturated rings. The molecule has 2 aromatic carbocycles. The number of hydrogen-bond acceptors (Lipinski definition) is 3. The minimum Gasteiger partial charge on any atom is -0.762 e. The van der Waals surface area contributed by atoms with Crippen LogP contribution in [-0.4, -0.2) is 18.2 Å². The number of nitrogens with zero attached hydrogens (tertiary/aromatic N) is 4. The maximum atomic E-state index is 14.0.